The lowest BCUT2D eigenvalue weighted by Gasteiger charge is -2.31. The number of aliphatic hydroxyl groups excluding tert-OH is 2. The van der Waals surface area contributed by atoms with Crippen molar-refractivity contribution >= 4 is 101 Å². The maximum Gasteiger partial charge on any atom is 0.327 e. The highest BCUT2D eigenvalue weighted by Crippen LogP contribution is 2.14. The fraction of sp³-hybridized carbons (Fsp3) is 0.729. The summed E-state index contributed by atoms with van der Waals surface area (Å²) in [7, 11) is 0. The summed E-state index contributed by atoms with van der Waals surface area (Å²) >= 11 is 5.23. The van der Waals surface area contributed by atoms with Gasteiger partial charge >= 0.3 is 11.9 Å². The Bertz CT molecular complexity index is 2120. The molecule has 11 amide bonds. The van der Waals surface area contributed by atoms with Crippen LogP contribution in [0.1, 0.15) is 113 Å². The summed E-state index contributed by atoms with van der Waals surface area (Å²) in [5.41, 5.74) is 16.4. The standard InChI is InChI=1S/C48H84N12O17S2/c1-10-23(6)36(58-41(69)27(12-14-35(65)66)53-46(74)37(24(7)61)59-44(72)30(18-22(4)5)54-39(67)26(49)11-13-33(50)63)45(73)60-38(25(8)62)47(75)56-29(17-21(2)3)42(70)55-31(19-34(51)64)43(71)52-28(15-16-79-9)40(68)57-32(20-78)48(76)77/h21-32,36-38,61-62,78H,10-20,49H2,1-9H3,(H2,50,63)(H2,51,64)(H,52,71)(H,53,74)(H,54,67)(H,55,70)(H,56,75)(H,57,68)(H,58,69)(H,59,72)(H,60,73)(H,65,66)(H,76,77)/t23-,24+,25+,26-,27-,28-,29-,30-,31-,32-,36-,37-,38-/m0/s1. The topological polar surface area (TPSA) is 489 Å². The van der Waals surface area contributed by atoms with Crippen LogP contribution >= 0.6 is 24.4 Å². The number of carbonyl (C=O) groups is 13. The van der Waals surface area contributed by atoms with Crippen molar-refractivity contribution in [2.75, 3.05) is 17.8 Å². The van der Waals surface area contributed by atoms with E-state index in [0.29, 0.717) is 5.75 Å². The number of thioether (sulfide) groups is 1. The lowest BCUT2D eigenvalue weighted by atomic mass is 9.96. The van der Waals surface area contributed by atoms with Crippen molar-refractivity contribution in [1.29, 1.82) is 0 Å². The molecule has 0 rings (SSSR count). The Morgan fingerprint density at radius 2 is 0.861 bits per heavy atom. The predicted octanol–water partition coefficient (Wildman–Crippen LogP) is -4.65. The Labute approximate surface area is 468 Å². The van der Waals surface area contributed by atoms with Gasteiger partial charge in [0, 0.05) is 18.6 Å². The maximum absolute atomic E-state index is 14.1. The van der Waals surface area contributed by atoms with Gasteiger partial charge in [0.2, 0.25) is 65.0 Å². The summed E-state index contributed by atoms with van der Waals surface area (Å²) in [5.74, 6) is -15.2. The van der Waals surface area contributed by atoms with Gasteiger partial charge in [-0.15, -0.1) is 0 Å². The second-order valence-electron chi connectivity index (χ2n) is 20.0. The number of hydrogen-bond donors (Lipinski definition) is 17. The molecule has 0 bridgehead atoms. The zero-order valence-corrected chi connectivity index (χ0v) is 47.8. The van der Waals surface area contributed by atoms with Crippen LogP contribution in [0.25, 0.3) is 0 Å². The second-order valence-corrected chi connectivity index (χ2v) is 21.3. The first-order valence-corrected chi connectivity index (χ1v) is 27.7. The van der Waals surface area contributed by atoms with Gasteiger partial charge in [-0.25, -0.2) is 4.79 Å². The Morgan fingerprint density at radius 1 is 0.481 bits per heavy atom. The number of aliphatic hydroxyl groups is 2. The number of thiol groups is 1. The molecule has 450 valence electrons. The van der Waals surface area contributed by atoms with Crippen LogP contribution in [0.4, 0.5) is 0 Å². The van der Waals surface area contributed by atoms with Gasteiger partial charge in [0.1, 0.15) is 54.4 Å². The van der Waals surface area contributed by atoms with Crippen LogP contribution in [0.2, 0.25) is 0 Å². The van der Waals surface area contributed by atoms with Gasteiger partial charge < -0.3 is 85.5 Å². The summed E-state index contributed by atoms with van der Waals surface area (Å²) in [6.07, 6.45) is -4.02. The van der Waals surface area contributed by atoms with E-state index >= 15 is 0 Å². The second kappa shape index (κ2) is 36.8. The fourth-order valence-electron chi connectivity index (χ4n) is 7.35. The molecule has 79 heavy (non-hydrogen) atoms. The third-order valence-electron chi connectivity index (χ3n) is 12.0. The molecule has 0 saturated heterocycles. The summed E-state index contributed by atoms with van der Waals surface area (Å²) in [4.78, 5) is 170. The van der Waals surface area contributed by atoms with Crippen molar-refractivity contribution in [2.24, 2.45) is 35.0 Å². The fourth-order valence-corrected chi connectivity index (χ4v) is 8.07. The van der Waals surface area contributed by atoms with Crippen LogP contribution in [-0.4, -0.2) is 188 Å². The van der Waals surface area contributed by atoms with Crippen molar-refractivity contribution in [3.05, 3.63) is 0 Å². The number of carboxylic acids is 2. The quantitative estimate of drug-likeness (QED) is 0.0257. The highest BCUT2D eigenvalue weighted by molar-refractivity contribution is 7.98. The molecule has 0 aliphatic carbocycles. The van der Waals surface area contributed by atoms with Gasteiger partial charge in [0.05, 0.1) is 24.7 Å². The summed E-state index contributed by atoms with van der Waals surface area (Å²) in [6.45, 7) is 12.2. The molecule has 13 atom stereocenters. The minimum absolute atomic E-state index is 0.00735. The van der Waals surface area contributed by atoms with Gasteiger partial charge in [-0.3, -0.25) is 57.5 Å². The summed E-state index contributed by atoms with van der Waals surface area (Å²) in [5, 5.41) is 61.9. The Hall–Kier alpha value is -6.31. The molecule has 0 saturated carbocycles. The number of nitrogens with one attached hydrogen (secondary N) is 9. The SMILES string of the molecule is CC[C@H](C)[C@H](NC(=O)[C@H](CCC(=O)O)NC(=O)[C@@H](NC(=O)[C@H](CC(C)C)NC(=O)[C@@H](N)CCC(N)=O)[C@@H](C)O)C(=O)N[C@H](C(=O)N[C@@H](CC(C)C)C(=O)N[C@@H](CC(N)=O)C(=O)N[C@@H](CCSC)C(=O)N[C@@H](CS)C(=O)O)[C@@H](C)O. The van der Waals surface area contributed by atoms with E-state index in [1.54, 1.807) is 40.9 Å². The molecule has 0 heterocycles. The zero-order chi connectivity index (χ0) is 61.0. The first kappa shape index (κ1) is 72.7. The van der Waals surface area contributed by atoms with Gasteiger partial charge in [0.25, 0.3) is 0 Å². The molecule has 0 aromatic carbocycles. The van der Waals surface area contributed by atoms with E-state index in [2.05, 4.69) is 60.5 Å². The first-order valence-electron chi connectivity index (χ1n) is 25.7. The van der Waals surface area contributed by atoms with Gasteiger partial charge in [-0.05, 0) is 75.7 Å². The molecular weight excluding hydrogens is 1080 g/mol. The van der Waals surface area contributed by atoms with E-state index in [9.17, 15) is 82.8 Å². The van der Waals surface area contributed by atoms with Crippen LogP contribution in [0.5, 0.6) is 0 Å². The monoisotopic (exact) mass is 1160 g/mol. The van der Waals surface area contributed by atoms with E-state index < -0.39 is 175 Å². The maximum atomic E-state index is 14.1. The normalized spacial score (nSPS) is 16.2. The summed E-state index contributed by atoms with van der Waals surface area (Å²) < 4.78 is 0. The van der Waals surface area contributed by atoms with E-state index in [4.69, 9.17) is 17.2 Å². The number of rotatable bonds is 39. The van der Waals surface area contributed by atoms with Crippen molar-refractivity contribution in [2.45, 2.75) is 186 Å². The highest BCUT2D eigenvalue weighted by atomic mass is 32.2. The highest BCUT2D eigenvalue weighted by Gasteiger charge is 2.39. The Kier molecular flexibility index (Phi) is 33.8. The van der Waals surface area contributed by atoms with E-state index in [1.165, 1.54) is 18.7 Å². The molecule has 0 radical (unpaired) electrons. The number of hydrogen-bond acceptors (Lipinski definition) is 18. The van der Waals surface area contributed by atoms with Crippen molar-refractivity contribution in [1.82, 2.24) is 47.9 Å². The minimum Gasteiger partial charge on any atom is -0.481 e. The van der Waals surface area contributed by atoms with Gasteiger partial charge in [0.15, 0.2) is 0 Å². The molecule has 0 spiro atoms. The largest absolute Gasteiger partial charge is 0.481 e. The molecule has 29 nitrogen and oxygen atoms in total. The third-order valence-corrected chi connectivity index (χ3v) is 13.0. The molecule has 0 aromatic heterocycles. The molecule has 0 aliphatic rings. The minimum atomic E-state index is -1.85. The van der Waals surface area contributed by atoms with Crippen LogP contribution in [0.3, 0.4) is 0 Å². The van der Waals surface area contributed by atoms with E-state index in [-0.39, 0.29) is 56.1 Å². The van der Waals surface area contributed by atoms with Crippen molar-refractivity contribution in [3.8, 4) is 0 Å². The molecule has 0 aliphatic heterocycles. The van der Waals surface area contributed by atoms with Crippen LogP contribution in [-0.2, 0) is 62.3 Å². The lowest BCUT2D eigenvalue weighted by Crippen LogP contribution is -2.63. The average molecular weight is 1170 g/mol. The lowest BCUT2D eigenvalue weighted by molar-refractivity contribution is -0.141. The van der Waals surface area contributed by atoms with E-state index in [0.717, 1.165) is 13.8 Å². The van der Waals surface area contributed by atoms with Crippen molar-refractivity contribution in [3.63, 3.8) is 0 Å². The van der Waals surface area contributed by atoms with Crippen LogP contribution in [0.15, 0.2) is 0 Å². The van der Waals surface area contributed by atoms with Gasteiger partial charge in [-0.2, -0.15) is 24.4 Å². The third kappa shape index (κ3) is 27.9. The number of aliphatic carboxylic acids is 2. The zero-order valence-electron chi connectivity index (χ0n) is 46.1. The Morgan fingerprint density at radius 3 is 1.29 bits per heavy atom. The van der Waals surface area contributed by atoms with Crippen LogP contribution in [0, 0.1) is 17.8 Å². The number of carbonyl (C=O) groups excluding carboxylic acids is 11. The average Bonchev–Trinajstić information content (AvgIpc) is 3.34. The number of nitrogens with two attached hydrogens (primary N) is 3. The predicted molar refractivity (Wildman–Crippen MR) is 291 cm³/mol. The molecule has 0 aromatic rings. The molecular formula is C48H84N12O17S2. The smallest absolute Gasteiger partial charge is 0.327 e. The Balaban J connectivity index is 6.72. The molecule has 31 heteroatoms. The molecule has 0 fully saturated rings. The first-order chi connectivity index (χ1) is 36.7. The van der Waals surface area contributed by atoms with Crippen LogP contribution < -0.4 is 65.1 Å². The number of primary amides is 2. The van der Waals surface area contributed by atoms with Crippen molar-refractivity contribution < 1.29 is 82.8 Å². The molecule has 19 N–H and O–H groups in total. The number of amides is 11. The number of carboxylic acid groups (broad SMARTS) is 2. The molecule has 0 unspecified atom stereocenters. The summed E-state index contributed by atoms with van der Waals surface area (Å²) in [6, 6.07) is -15.5. The van der Waals surface area contributed by atoms with E-state index in [1.807, 2.05) is 0 Å². The van der Waals surface area contributed by atoms with Gasteiger partial charge in [-0.1, -0.05) is 48.0 Å².